The van der Waals surface area contributed by atoms with E-state index in [1.165, 1.54) is 18.2 Å². The van der Waals surface area contributed by atoms with Crippen molar-refractivity contribution in [3.8, 4) is 22.8 Å². The van der Waals surface area contributed by atoms with Gasteiger partial charge in [0, 0.05) is 5.56 Å². The highest BCUT2D eigenvalue weighted by atomic mass is 19.4. The van der Waals surface area contributed by atoms with E-state index in [2.05, 4.69) is 10.3 Å². The van der Waals surface area contributed by atoms with Gasteiger partial charge in [-0.1, -0.05) is 6.07 Å². The monoisotopic (exact) mass is 472 g/mol. The number of ether oxygens (including phenoxy) is 1. The molecule has 0 aliphatic rings. The molecule has 5 N–H and O–H groups in total. The molecule has 0 aliphatic heterocycles. The first kappa shape index (κ1) is 24.2. The van der Waals surface area contributed by atoms with E-state index in [9.17, 15) is 27.6 Å². The van der Waals surface area contributed by atoms with Crippen molar-refractivity contribution in [1.82, 2.24) is 10.3 Å². The summed E-state index contributed by atoms with van der Waals surface area (Å²) in [5.74, 6) is -1.81. The number of carbonyl (C=O) groups excluding carboxylic acids is 3. The Morgan fingerprint density at radius 2 is 1.50 bits per heavy atom. The number of halogens is 3. The molecule has 3 amide bonds. The molecule has 1 heterocycles. The van der Waals surface area contributed by atoms with Gasteiger partial charge in [-0.25, -0.2) is 4.98 Å². The lowest BCUT2D eigenvalue weighted by Crippen LogP contribution is -2.46. The number of primary amides is 2. The quantitative estimate of drug-likeness (QED) is 0.463. The predicted octanol–water partition coefficient (Wildman–Crippen LogP) is 3.02. The Morgan fingerprint density at radius 3 is 2.03 bits per heavy atom. The molecule has 3 rings (SSSR count). The van der Waals surface area contributed by atoms with Gasteiger partial charge in [0.15, 0.2) is 0 Å². The lowest BCUT2D eigenvalue weighted by atomic mass is 10.1. The van der Waals surface area contributed by atoms with Gasteiger partial charge in [-0.2, -0.15) is 13.2 Å². The average Bonchev–Trinajstić information content (AvgIpc) is 2.78. The molecular formula is C23H19F3N4O4. The standard InChI is InChI=1S/C23H19F3N4O4/c24-23(25,26)14-6-10-16(11-7-14)34-15-8-4-13(5-9-15)17-2-1-3-18(29-17)22(33)30-19(21(28)32)12-20(27)31/h1-11,19H,12H2,(H2,27,31)(H2,28,32)(H,30,33). The minimum absolute atomic E-state index is 0.0155. The van der Waals surface area contributed by atoms with E-state index in [0.717, 1.165) is 12.1 Å². The number of amides is 3. The van der Waals surface area contributed by atoms with Gasteiger partial charge in [-0.15, -0.1) is 0 Å². The van der Waals surface area contributed by atoms with Crippen molar-refractivity contribution in [3.63, 3.8) is 0 Å². The smallest absolute Gasteiger partial charge is 0.416 e. The number of nitrogens with two attached hydrogens (primary N) is 2. The molecule has 8 nitrogen and oxygen atoms in total. The van der Waals surface area contributed by atoms with Crippen LogP contribution in [0.2, 0.25) is 0 Å². The van der Waals surface area contributed by atoms with Gasteiger partial charge in [-0.05, 0) is 60.7 Å². The number of aromatic nitrogens is 1. The summed E-state index contributed by atoms with van der Waals surface area (Å²) in [5, 5.41) is 2.33. The molecule has 0 saturated heterocycles. The number of rotatable bonds is 8. The maximum atomic E-state index is 12.7. The molecule has 0 fully saturated rings. The molecule has 34 heavy (non-hydrogen) atoms. The third kappa shape index (κ3) is 6.31. The van der Waals surface area contributed by atoms with E-state index >= 15 is 0 Å². The Bertz CT molecular complexity index is 1200. The van der Waals surface area contributed by atoms with Crippen LogP contribution in [0.4, 0.5) is 13.2 Å². The second kappa shape index (κ2) is 10.0. The van der Waals surface area contributed by atoms with Crippen LogP contribution in [0.25, 0.3) is 11.3 Å². The van der Waals surface area contributed by atoms with Crippen molar-refractivity contribution >= 4 is 17.7 Å². The van der Waals surface area contributed by atoms with Gasteiger partial charge in [0.05, 0.1) is 17.7 Å². The number of benzene rings is 2. The summed E-state index contributed by atoms with van der Waals surface area (Å²) in [5.41, 5.74) is 10.5. The van der Waals surface area contributed by atoms with Crippen molar-refractivity contribution < 1.29 is 32.3 Å². The number of carbonyl (C=O) groups is 3. The third-order valence-corrected chi connectivity index (χ3v) is 4.60. The van der Waals surface area contributed by atoms with Crippen molar-refractivity contribution in [3.05, 3.63) is 78.0 Å². The van der Waals surface area contributed by atoms with Crippen molar-refractivity contribution in [2.75, 3.05) is 0 Å². The Hall–Kier alpha value is -4.41. The van der Waals surface area contributed by atoms with Gasteiger partial charge < -0.3 is 21.5 Å². The van der Waals surface area contributed by atoms with Gasteiger partial charge in [0.25, 0.3) is 5.91 Å². The molecule has 3 aromatic rings. The molecule has 11 heteroatoms. The average molecular weight is 472 g/mol. The molecule has 0 bridgehead atoms. The fourth-order valence-corrected chi connectivity index (χ4v) is 2.92. The summed E-state index contributed by atoms with van der Waals surface area (Å²) in [6.45, 7) is 0. The van der Waals surface area contributed by atoms with E-state index in [0.29, 0.717) is 17.0 Å². The van der Waals surface area contributed by atoms with Crippen LogP contribution in [-0.2, 0) is 15.8 Å². The van der Waals surface area contributed by atoms with E-state index in [1.807, 2.05) is 0 Å². The highest BCUT2D eigenvalue weighted by molar-refractivity contribution is 5.97. The zero-order valence-corrected chi connectivity index (χ0v) is 17.5. The molecule has 0 aliphatic carbocycles. The van der Waals surface area contributed by atoms with Crippen LogP contribution in [-0.4, -0.2) is 28.7 Å². The highest BCUT2D eigenvalue weighted by Crippen LogP contribution is 2.31. The Balaban J connectivity index is 1.71. The van der Waals surface area contributed by atoms with Crippen LogP contribution in [0.1, 0.15) is 22.5 Å². The topological polar surface area (TPSA) is 137 Å². The first-order valence-corrected chi connectivity index (χ1v) is 9.84. The van der Waals surface area contributed by atoms with E-state index < -0.39 is 41.9 Å². The summed E-state index contributed by atoms with van der Waals surface area (Å²) in [6, 6.07) is 14.2. The van der Waals surface area contributed by atoms with Crippen LogP contribution in [0.3, 0.4) is 0 Å². The maximum Gasteiger partial charge on any atom is 0.416 e. The summed E-state index contributed by atoms with van der Waals surface area (Å²) < 4.78 is 43.6. The maximum absolute atomic E-state index is 12.7. The van der Waals surface area contributed by atoms with Crippen LogP contribution in [0.15, 0.2) is 66.7 Å². The van der Waals surface area contributed by atoms with Crippen LogP contribution in [0, 0.1) is 0 Å². The lowest BCUT2D eigenvalue weighted by molar-refractivity contribution is -0.137. The molecule has 1 atom stereocenters. The largest absolute Gasteiger partial charge is 0.457 e. The molecule has 0 radical (unpaired) electrons. The summed E-state index contributed by atoms with van der Waals surface area (Å²) in [6.07, 6.45) is -4.87. The second-order valence-electron chi connectivity index (χ2n) is 7.16. The first-order chi connectivity index (χ1) is 16.0. The van der Waals surface area contributed by atoms with Crippen LogP contribution in [0.5, 0.6) is 11.5 Å². The lowest BCUT2D eigenvalue weighted by Gasteiger charge is -2.14. The Labute approximate surface area is 191 Å². The fraction of sp³-hybridized carbons (Fsp3) is 0.130. The molecule has 1 unspecified atom stereocenters. The summed E-state index contributed by atoms with van der Waals surface area (Å²) in [4.78, 5) is 39.2. The summed E-state index contributed by atoms with van der Waals surface area (Å²) >= 11 is 0. The SMILES string of the molecule is NC(=O)CC(NC(=O)c1cccc(-c2ccc(Oc3ccc(C(F)(F)F)cc3)cc2)n1)C(N)=O. The molecule has 176 valence electrons. The second-order valence-corrected chi connectivity index (χ2v) is 7.16. The Kier molecular flexibility index (Phi) is 7.15. The van der Waals surface area contributed by atoms with Gasteiger partial charge >= 0.3 is 6.18 Å². The normalized spacial score (nSPS) is 12.0. The molecule has 2 aromatic carbocycles. The molecular weight excluding hydrogens is 453 g/mol. The highest BCUT2D eigenvalue weighted by Gasteiger charge is 2.30. The zero-order valence-electron chi connectivity index (χ0n) is 17.5. The van der Waals surface area contributed by atoms with E-state index in [1.54, 1.807) is 36.4 Å². The van der Waals surface area contributed by atoms with Crippen LogP contribution >= 0.6 is 0 Å². The van der Waals surface area contributed by atoms with Crippen molar-refractivity contribution in [2.45, 2.75) is 18.6 Å². The number of nitrogens with one attached hydrogen (secondary N) is 1. The number of pyridine rings is 1. The molecule has 1 aromatic heterocycles. The number of nitrogens with zero attached hydrogens (tertiary/aromatic N) is 1. The van der Waals surface area contributed by atoms with E-state index in [-0.39, 0.29) is 11.4 Å². The first-order valence-electron chi connectivity index (χ1n) is 9.84. The minimum atomic E-state index is -4.43. The van der Waals surface area contributed by atoms with Gasteiger partial charge in [0.2, 0.25) is 11.8 Å². The predicted molar refractivity (Wildman–Crippen MR) is 115 cm³/mol. The van der Waals surface area contributed by atoms with Crippen molar-refractivity contribution in [1.29, 1.82) is 0 Å². The number of hydrogen-bond acceptors (Lipinski definition) is 5. The number of alkyl halides is 3. The zero-order chi connectivity index (χ0) is 24.9. The van der Waals surface area contributed by atoms with Gasteiger partial charge in [-0.3, -0.25) is 14.4 Å². The van der Waals surface area contributed by atoms with Gasteiger partial charge in [0.1, 0.15) is 23.2 Å². The molecule has 0 spiro atoms. The van der Waals surface area contributed by atoms with Crippen molar-refractivity contribution in [2.24, 2.45) is 11.5 Å². The minimum Gasteiger partial charge on any atom is -0.457 e. The number of hydrogen-bond donors (Lipinski definition) is 3. The van der Waals surface area contributed by atoms with Crippen LogP contribution < -0.4 is 21.5 Å². The summed E-state index contributed by atoms with van der Waals surface area (Å²) in [7, 11) is 0. The van der Waals surface area contributed by atoms with E-state index in [4.69, 9.17) is 16.2 Å². The fourth-order valence-electron chi connectivity index (χ4n) is 2.92. The molecule has 0 saturated carbocycles. The Morgan fingerprint density at radius 1 is 0.912 bits per heavy atom. The third-order valence-electron chi connectivity index (χ3n) is 4.60.